The van der Waals surface area contributed by atoms with Crippen LogP contribution in [0, 0.1) is 10.8 Å². The third kappa shape index (κ3) is 3.66. The highest BCUT2D eigenvalue weighted by Gasteiger charge is 2.64. The molecule has 1 saturated heterocycles. The monoisotopic (exact) mass is 416 g/mol. The summed E-state index contributed by atoms with van der Waals surface area (Å²) in [6.45, 7) is 7.64. The van der Waals surface area contributed by atoms with Crippen molar-refractivity contribution in [3.05, 3.63) is 35.9 Å². The van der Waals surface area contributed by atoms with E-state index in [0.29, 0.717) is 19.3 Å². The third-order valence-corrected chi connectivity index (χ3v) is 6.85. The standard InChI is InChI=1S/C23H32N2O5/c1-21(2,3)23(24-19(27)28,22(4)12-8-9-13-22)18(26)25-17(15-30-20(25)29)14-16-10-6-5-7-11-16/h5-7,10-11,17,24H,8-9,12-15H2,1-4H3,(H,27,28)/t17-,23-/m0/s1. The van der Waals surface area contributed by atoms with Crippen molar-refractivity contribution in [2.45, 2.75) is 71.4 Å². The van der Waals surface area contributed by atoms with E-state index < -0.39 is 40.5 Å². The molecule has 1 aliphatic heterocycles. The van der Waals surface area contributed by atoms with Gasteiger partial charge in [-0.3, -0.25) is 4.79 Å². The van der Waals surface area contributed by atoms with E-state index in [1.807, 2.05) is 58.0 Å². The Morgan fingerprint density at radius 3 is 2.33 bits per heavy atom. The maximum Gasteiger partial charge on any atom is 0.417 e. The number of benzene rings is 1. The number of cyclic esters (lactones) is 1. The highest BCUT2D eigenvalue weighted by Crippen LogP contribution is 2.54. The van der Waals surface area contributed by atoms with Crippen LogP contribution in [0.25, 0.3) is 0 Å². The maximum absolute atomic E-state index is 14.2. The summed E-state index contributed by atoms with van der Waals surface area (Å²) in [5.41, 5.74) is -1.85. The van der Waals surface area contributed by atoms with Crippen LogP contribution in [0.3, 0.4) is 0 Å². The highest BCUT2D eigenvalue weighted by molar-refractivity contribution is 6.01. The molecular weight excluding hydrogens is 384 g/mol. The number of carboxylic acid groups (broad SMARTS) is 1. The Balaban J connectivity index is 2.06. The molecule has 2 aliphatic rings. The zero-order valence-corrected chi connectivity index (χ0v) is 18.2. The second-order valence-corrected chi connectivity index (χ2v) is 9.79. The number of amides is 3. The van der Waals surface area contributed by atoms with E-state index in [2.05, 4.69) is 5.32 Å². The first-order chi connectivity index (χ1) is 14.0. The molecule has 0 unspecified atom stereocenters. The zero-order valence-electron chi connectivity index (χ0n) is 18.2. The van der Waals surface area contributed by atoms with Crippen LogP contribution in [0.15, 0.2) is 30.3 Å². The van der Waals surface area contributed by atoms with Gasteiger partial charge >= 0.3 is 12.2 Å². The zero-order chi connectivity index (χ0) is 22.2. The molecule has 1 aromatic carbocycles. The largest absolute Gasteiger partial charge is 0.465 e. The molecule has 0 aromatic heterocycles. The van der Waals surface area contributed by atoms with Crippen molar-refractivity contribution in [3.8, 4) is 0 Å². The molecule has 3 amide bonds. The normalized spacial score (nSPS) is 23.0. The van der Waals surface area contributed by atoms with Gasteiger partial charge in [0, 0.05) is 5.41 Å². The molecule has 3 rings (SSSR count). The number of carbonyl (C=O) groups excluding carboxylic acids is 2. The van der Waals surface area contributed by atoms with Crippen molar-refractivity contribution >= 4 is 18.1 Å². The van der Waals surface area contributed by atoms with Crippen LogP contribution in [-0.4, -0.2) is 46.3 Å². The van der Waals surface area contributed by atoms with Gasteiger partial charge in [-0.05, 0) is 30.2 Å². The van der Waals surface area contributed by atoms with Gasteiger partial charge in [-0.2, -0.15) is 0 Å². The summed E-state index contributed by atoms with van der Waals surface area (Å²) in [4.78, 5) is 40.0. The fourth-order valence-corrected chi connectivity index (χ4v) is 5.49. The summed E-state index contributed by atoms with van der Waals surface area (Å²) in [6, 6.07) is 9.13. The molecular formula is C23H32N2O5. The predicted molar refractivity (Wildman–Crippen MR) is 112 cm³/mol. The first kappa shape index (κ1) is 22.1. The number of nitrogens with zero attached hydrogens (tertiary/aromatic N) is 1. The van der Waals surface area contributed by atoms with Gasteiger partial charge in [-0.15, -0.1) is 0 Å². The van der Waals surface area contributed by atoms with E-state index in [9.17, 15) is 19.5 Å². The second kappa shape index (κ2) is 7.93. The van der Waals surface area contributed by atoms with Gasteiger partial charge in [0.25, 0.3) is 5.91 Å². The second-order valence-electron chi connectivity index (χ2n) is 9.79. The van der Waals surface area contributed by atoms with E-state index >= 15 is 0 Å². The van der Waals surface area contributed by atoms with Gasteiger partial charge in [0.2, 0.25) is 0 Å². The summed E-state index contributed by atoms with van der Waals surface area (Å²) in [5.74, 6) is -0.509. The number of nitrogens with one attached hydrogen (secondary N) is 1. The Bertz CT molecular complexity index is 811. The van der Waals surface area contributed by atoms with Crippen LogP contribution in [0.1, 0.15) is 58.9 Å². The number of ether oxygens (including phenoxy) is 1. The fraction of sp³-hybridized carbons (Fsp3) is 0.609. The van der Waals surface area contributed by atoms with Crippen LogP contribution >= 0.6 is 0 Å². The highest BCUT2D eigenvalue weighted by atomic mass is 16.6. The van der Waals surface area contributed by atoms with Gasteiger partial charge in [-0.25, -0.2) is 14.5 Å². The van der Waals surface area contributed by atoms with E-state index in [4.69, 9.17) is 4.74 Å². The average molecular weight is 417 g/mol. The molecule has 1 aromatic rings. The summed E-state index contributed by atoms with van der Waals surface area (Å²) < 4.78 is 5.27. The lowest BCUT2D eigenvalue weighted by molar-refractivity contribution is -0.149. The van der Waals surface area contributed by atoms with E-state index in [1.165, 1.54) is 0 Å². The summed E-state index contributed by atoms with van der Waals surface area (Å²) in [6.07, 6.45) is 1.75. The van der Waals surface area contributed by atoms with Gasteiger partial charge in [0.05, 0.1) is 6.04 Å². The molecule has 1 heterocycles. The number of rotatable bonds is 5. The molecule has 2 atom stereocenters. The van der Waals surface area contributed by atoms with Crippen LogP contribution < -0.4 is 5.32 Å². The SMILES string of the molecule is CC(C)(C)[C@@](NC(=O)O)(C(=O)N1C(=O)OC[C@@H]1Cc1ccccc1)C1(C)CCCC1. The number of imide groups is 1. The van der Waals surface area contributed by atoms with Gasteiger partial charge < -0.3 is 15.2 Å². The van der Waals surface area contributed by atoms with E-state index in [0.717, 1.165) is 23.3 Å². The van der Waals surface area contributed by atoms with Crippen molar-refractivity contribution < 1.29 is 24.2 Å². The maximum atomic E-state index is 14.2. The molecule has 0 bridgehead atoms. The Kier molecular flexibility index (Phi) is 5.85. The smallest absolute Gasteiger partial charge is 0.417 e. The molecule has 0 spiro atoms. The van der Waals surface area contributed by atoms with Crippen LogP contribution in [-0.2, 0) is 16.0 Å². The van der Waals surface area contributed by atoms with Crippen LogP contribution in [0.2, 0.25) is 0 Å². The van der Waals surface area contributed by atoms with Crippen molar-refractivity contribution in [1.82, 2.24) is 10.2 Å². The van der Waals surface area contributed by atoms with Crippen molar-refractivity contribution in [2.24, 2.45) is 10.8 Å². The minimum Gasteiger partial charge on any atom is -0.465 e. The molecule has 164 valence electrons. The molecule has 0 radical (unpaired) electrons. The topological polar surface area (TPSA) is 95.9 Å². The summed E-state index contributed by atoms with van der Waals surface area (Å²) >= 11 is 0. The lowest BCUT2D eigenvalue weighted by Gasteiger charge is -2.54. The molecule has 30 heavy (non-hydrogen) atoms. The predicted octanol–water partition coefficient (Wildman–Crippen LogP) is 4.21. The fourth-order valence-electron chi connectivity index (χ4n) is 5.49. The Hall–Kier alpha value is -2.57. The third-order valence-electron chi connectivity index (χ3n) is 6.85. The lowest BCUT2D eigenvalue weighted by atomic mass is 9.56. The van der Waals surface area contributed by atoms with Gasteiger partial charge in [0.15, 0.2) is 0 Å². The first-order valence-electron chi connectivity index (χ1n) is 10.6. The molecule has 7 nitrogen and oxygen atoms in total. The molecule has 7 heteroatoms. The Labute approximate surface area is 177 Å². The van der Waals surface area contributed by atoms with Crippen molar-refractivity contribution in [3.63, 3.8) is 0 Å². The minimum atomic E-state index is -1.46. The van der Waals surface area contributed by atoms with Gasteiger partial charge in [-0.1, -0.05) is 70.9 Å². The number of hydrogen-bond acceptors (Lipinski definition) is 4. The van der Waals surface area contributed by atoms with E-state index in [-0.39, 0.29) is 6.61 Å². The lowest BCUT2D eigenvalue weighted by Crippen LogP contribution is -2.73. The summed E-state index contributed by atoms with van der Waals surface area (Å²) in [7, 11) is 0. The molecule has 1 aliphatic carbocycles. The van der Waals surface area contributed by atoms with E-state index in [1.54, 1.807) is 0 Å². The molecule has 2 fully saturated rings. The Morgan fingerprint density at radius 1 is 1.20 bits per heavy atom. The van der Waals surface area contributed by atoms with Crippen LogP contribution in [0.4, 0.5) is 9.59 Å². The molecule has 2 N–H and O–H groups in total. The van der Waals surface area contributed by atoms with Crippen molar-refractivity contribution in [2.75, 3.05) is 6.61 Å². The number of carbonyl (C=O) groups is 3. The Morgan fingerprint density at radius 2 is 1.80 bits per heavy atom. The van der Waals surface area contributed by atoms with Crippen molar-refractivity contribution in [1.29, 1.82) is 0 Å². The summed E-state index contributed by atoms with van der Waals surface area (Å²) in [5, 5.41) is 12.4. The van der Waals surface area contributed by atoms with Crippen LogP contribution in [0.5, 0.6) is 0 Å². The van der Waals surface area contributed by atoms with Gasteiger partial charge in [0.1, 0.15) is 12.1 Å². The number of hydrogen-bond donors (Lipinski definition) is 2. The average Bonchev–Trinajstić information content (AvgIpc) is 3.25. The molecule has 1 saturated carbocycles. The quantitative estimate of drug-likeness (QED) is 0.750. The first-order valence-corrected chi connectivity index (χ1v) is 10.6. The minimum absolute atomic E-state index is 0.101.